The Labute approximate surface area is 118 Å². The highest BCUT2D eigenvalue weighted by atomic mass is 16.4. The summed E-state index contributed by atoms with van der Waals surface area (Å²) in [5, 5.41) is 11.8. The SMILES string of the molecule is CC(C)c1cccc(NC(=O)N2CCC(C(=O)O)C2)c1. The third-order valence-electron chi connectivity index (χ3n) is 3.63. The van der Waals surface area contributed by atoms with Gasteiger partial charge in [-0.05, 0) is 30.0 Å². The van der Waals surface area contributed by atoms with Gasteiger partial charge in [-0.3, -0.25) is 4.79 Å². The quantitative estimate of drug-likeness (QED) is 0.891. The Morgan fingerprint density at radius 3 is 2.75 bits per heavy atom. The van der Waals surface area contributed by atoms with Crippen LogP contribution in [0.15, 0.2) is 24.3 Å². The third-order valence-corrected chi connectivity index (χ3v) is 3.63. The molecule has 1 aromatic carbocycles. The van der Waals surface area contributed by atoms with Crippen LogP contribution in [-0.2, 0) is 4.79 Å². The van der Waals surface area contributed by atoms with E-state index in [9.17, 15) is 9.59 Å². The maximum Gasteiger partial charge on any atom is 0.321 e. The second kappa shape index (κ2) is 5.94. The zero-order valence-electron chi connectivity index (χ0n) is 11.8. The number of aliphatic carboxylic acids is 1. The van der Waals surface area contributed by atoms with Crippen molar-refractivity contribution >= 4 is 17.7 Å². The highest BCUT2D eigenvalue weighted by Gasteiger charge is 2.30. The van der Waals surface area contributed by atoms with Crippen molar-refractivity contribution < 1.29 is 14.7 Å². The molecule has 5 nitrogen and oxygen atoms in total. The van der Waals surface area contributed by atoms with Gasteiger partial charge < -0.3 is 15.3 Å². The van der Waals surface area contributed by atoms with Crippen molar-refractivity contribution in [3.8, 4) is 0 Å². The number of amides is 2. The van der Waals surface area contributed by atoms with Crippen molar-refractivity contribution in [3.63, 3.8) is 0 Å². The van der Waals surface area contributed by atoms with Crippen LogP contribution in [0.25, 0.3) is 0 Å². The van der Waals surface area contributed by atoms with E-state index < -0.39 is 11.9 Å². The van der Waals surface area contributed by atoms with Crippen LogP contribution in [0.1, 0.15) is 31.7 Å². The van der Waals surface area contributed by atoms with Crippen LogP contribution in [0.4, 0.5) is 10.5 Å². The van der Waals surface area contributed by atoms with Gasteiger partial charge in [-0.15, -0.1) is 0 Å². The summed E-state index contributed by atoms with van der Waals surface area (Å²) in [6, 6.07) is 7.50. The van der Waals surface area contributed by atoms with Gasteiger partial charge in [0.2, 0.25) is 0 Å². The van der Waals surface area contributed by atoms with Crippen molar-refractivity contribution in [1.82, 2.24) is 4.90 Å². The predicted octanol–water partition coefficient (Wildman–Crippen LogP) is 2.75. The molecule has 0 aliphatic carbocycles. The lowest BCUT2D eigenvalue weighted by atomic mass is 10.0. The number of carboxylic acid groups (broad SMARTS) is 1. The number of benzene rings is 1. The second-order valence-corrected chi connectivity index (χ2v) is 5.48. The summed E-state index contributed by atoms with van der Waals surface area (Å²) in [6.07, 6.45) is 0.523. The maximum atomic E-state index is 12.1. The fourth-order valence-corrected chi connectivity index (χ4v) is 2.32. The zero-order valence-corrected chi connectivity index (χ0v) is 11.8. The van der Waals surface area contributed by atoms with E-state index in [1.807, 2.05) is 24.3 Å². The molecule has 2 amide bonds. The Balaban J connectivity index is 1.98. The van der Waals surface area contributed by atoms with E-state index in [4.69, 9.17) is 5.11 Å². The first-order valence-corrected chi connectivity index (χ1v) is 6.86. The van der Waals surface area contributed by atoms with Crippen molar-refractivity contribution in [3.05, 3.63) is 29.8 Å². The Morgan fingerprint density at radius 2 is 2.15 bits per heavy atom. The molecular weight excluding hydrogens is 256 g/mol. The number of hydrogen-bond donors (Lipinski definition) is 2. The molecule has 1 aliphatic heterocycles. The number of likely N-dealkylation sites (tertiary alicyclic amines) is 1. The maximum absolute atomic E-state index is 12.1. The van der Waals surface area contributed by atoms with Gasteiger partial charge >= 0.3 is 12.0 Å². The summed E-state index contributed by atoms with van der Waals surface area (Å²) in [4.78, 5) is 24.5. The van der Waals surface area contributed by atoms with Crippen LogP contribution in [0, 0.1) is 5.92 Å². The topological polar surface area (TPSA) is 69.6 Å². The van der Waals surface area contributed by atoms with Crippen LogP contribution >= 0.6 is 0 Å². The highest BCUT2D eigenvalue weighted by molar-refractivity contribution is 5.90. The van der Waals surface area contributed by atoms with Gasteiger partial charge in [0, 0.05) is 18.8 Å². The minimum atomic E-state index is -0.831. The summed E-state index contributed by atoms with van der Waals surface area (Å²) in [6.45, 7) is 4.97. The smallest absolute Gasteiger partial charge is 0.321 e. The van der Waals surface area contributed by atoms with Gasteiger partial charge in [0.25, 0.3) is 0 Å². The lowest BCUT2D eigenvalue weighted by molar-refractivity contribution is -0.141. The van der Waals surface area contributed by atoms with E-state index in [0.29, 0.717) is 18.9 Å². The van der Waals surface area contributed by atoms with Gasteiger partial charge in [-0.2, -0.15) is 0 Å². The molecule has 1 unspecified atom stereocenters. The molecule has 1 saturated heterocycles. The zero-order chi connectivity index (χ0) is 14.7. The standard InChI is InChI=1S/C15H20N2O3/c1-10(2)11-4-3-5-13(8-11)16-15(20)17-7-6-12(9-17)14(18)19/h3-5,8,10,12H,6-7,9H2,1-2H3,(H,16,20)(H,18,19). The minimum Gasteiger partial charge on any atom is -0.481 e. The fourth-order valence-electron chi connectivity index (χ4n) is 2.32. The number of carbonyl (C=O) groups is 2. The third kappa shape index (κ3) is 3.29. The summed E-state index contributed by atoms with van der Waals surface area (Å²) in [5.74, 6) is -0.875. The van der Waals surface area contributed by atoms with Crippen LogP contribution in [0.2, 0.25) is 0 Å². The average Bonchev–Trinajstić information content (AvgIpc) is 2.88. The Kier molecular flexibility index (Phi) is 4.27. The molecule has 1 heterocycles. The van der Waals surface area contributed by atoms with Crippen LogP contribution in [0.5, 0.6) is 0 Å². The molecule has 0 aromatic heterocycles. The molecule has 0 bridgehead atoms. The Hall–Kier alpha value is -2.04. The molecule has 1 fully saturated rings. The normalized spacial score (nSPS) is 18.4. The summed E-state index contributed by atoms with van der Waals surface area (Å²) < 4.78 is 0. The van der Waals surface area contributed by atoms with E-state index in [1.54, 1.807) is 4.90 Å². The molecule has 0 saturated carbocycles. The summed E-state index contributed by atoms with van der Waals surface area (Å²) in [7, 11) is 0. The number of carbonyl (C=O) groups excluding carboxylic acids is 1. The summed E-state index contributed by atoms with van der Waals surface area (Å²) >= 11 is 0. The molecule has 0 radical (unpaired) electrons. The van der Waals surface area contributed by atoms with Gasteiger partial charge in [0.1, 0.15) is 0 Å². The van der Waals surface area contributed by atoms with Gasteiger partial charge in [-0.25, -0.2) is 4.79 Å². The number of nitrogens with one attached hydrogen (secondary N) is 1. The minimum absolute atomic E-state index is 0.227. The van der Waals surface area contributed by atoms with Gasteiger partial charge in [0.05, 0.1) is 5.92 Å². The van der Waals surface area contributed by atoms with E-state index in [1.165, 1.54) is 0 Å². The van der Waals surface area contributed by atoms with E-state index in [-0.39, 0.29) is 12.6 Å². The van der Waals surface area contributed by atoms with E-state index in [0.717, 1.165) is 11.3 Å². The van der Waals surface area contributed by atoms with Crippen LogP contribution < -0.4 is 5.32 Å². The van der Waals surface area contributed by atoms with Gasteiger partial charge in [-0.1, -0.05) is 26.0 Å². The molecule has 0 spiro atoms. The number of rotatable bonds is 3. The lowest BCUT2D eigenvalue weighted by Crippen LogP contribution is -2.33. The molecule has 108 valence electrons. The predicted molar refractivity (Wildman–Crippen MR) is 76.9 cm³/mol. The van der Waals surface area contributed by atoms with Crippen LogP contribution in [-0.4, -0.2) is 35.1 Å². The number of anilines is 1. The molecular formula is C15H20N2O3. The van der Waals surface area contributed by atoms with Crippen molar-refractivity contribution in [2.24, 2.45) is 5.92 Å². The largest absolute Gasteiger partial charge is 0.481 e. The first kappa shape index (κ1) is 14.4. The number of carboxylic acids is 1. The molecule has 2 N–H and O–H groups in total. The van der Waals surface area contributed by atoms with E-state index >= 15 is 0 Å². The molecule has 2 rings (SSSR count). The van der Waals surface area contributed by atoms with Crippen molar-refractivity contribution in [2.45, 2.75) is 26.2 Å². The highest BCUT2D eigenvalue weighted by Crippen LogP contribution is 2.21. The van der Waals surface area contributed by atoms with Crippen LogP contribution in [0.3, 0.4) is 0 Å². The number of urea groups is 1. The van der Waals surface area contributed by atoms with Crippen molar-refractivity contribution in [2.75, 3.05) is 18.4 Å². The first-order chi connectivity index (χ1) is 9.47. The fraction of sp³-hybridized carbons (Fsp3) is 0.467. The van der Waals surface area contributed by atoms with Crippen molar-refractivity contribution in [1.29, 1.82) is 0 Å². The Bertz CT molecular complexity index is 514. The molecule has 20 heavy (non-hydrogen) atoms. The number of hydrogen-bond acceptors (Lipinski definition) is 2. The molecule has 5 heteroatoms. The number of nitrogens with zero attached hydrogens (tertiary/aromatic N) is 1. The molecule has 1 atom stereocenters. The first-order valence-electron chi connectivity index (χ1n) is 6.86. The monoisotopic (exact) mass is 276 g/mol. The van der Waals surface area contributed by atoms with E-state index in [2.05, 4.69) is 19.2 Å². The molecule has 1 aliphatic rings. The molecule has 1 aromatic rings. The average molecular weight is 276 g/mol. The Morgan fingerprint density at radius 1 is 1.40 bits per heavy atom. The second-order valence-electron chi connectivity index (χ2n) is 5.48. The summed E-state index contributed by atoms with van der Waals surface area (Å²) in [5.41, 5.74) is 1.91. The lowest BCUT2D eigenvalue weighted by Gasteiger charge is -2.17. The van der Waals surface area contributed by atoms with Gasteiger partial charge in [0.15, 0.2) is 0 Å².